The van der Waals surface area contributed by atoms with Gasteiger partial charge in [0.05, 0.1) is 18.7 Å². The Morgan fingerprint density at radius 2 is 0.692 bits per heavy atom. The minimum atomic E-state index is -2.76. The lowest BCUT2D eigenvalue weighted by molar-refractivity contribution is 0.0612. The van der Waals surface area contributed by atoms with E-state index in [1.165, 1.54) is 77.0 Å². The van der Waals surface area contributed by atoms with Crippen molar-refractivity contribution >= 4 is 25.7 Å². The molecular formula is C30H60O6Si3. The summed E-state index contributed by atoms with van der Waals surface area (Å²) in [5, 5.41) is 0. The molecule has 0 spiro atoms. The van der Waals surface area contributed by atoms with Gasteiger partial charge in [0, 0.05) is 36.4 Å². The van der Waals surface area contributed by atoms with E-state index in [1.807, 2.05) is 0 Å². The predicted octanol–water partition coefficient (Wildman–Crippen LogP) is 7.84. The summed E-state index contributed by atoms with van der Waals surface area (Å²) in [6, 6.07) is 0. The highest BCUT2D eigenvalue weighted by atomic mass is 28.5. The molecular weight excluding hydrogens is 541 g/mol. The van der Waals surface area contributed by atoms with Gasteiger partial charge in [-0.25, -0.2) is 0 Å². The van der Waals surface area contributed by atoms with Crippen LogP contribution in [0.2, 0.25) is 16.6 Å². The number of rotatable bonds is 15. The van der Waals surface area contributed by atoms with Crippen molar-refractivity contribution in [1.29, 1.82) is 0 Å². The van der Waals surface area contributed by atoms with Gasteiger partial charge in [-0.2, -0.15) is 0 Å². The SMILES string of the molecule is CC(C)COC[Si]1(C2CCCC2)O[Si](COCC(C)C)(C2CCCC2)O[Si](COCC(C)C)(C2CCCC2)O1. The number of hydrogen-bond acceptors (Lipinski definition) is 6. The first-order chi connectivity index (χ1) is 18.7. The van der Waals surface area contributed by atoms with E-state index in [4.69, 9.17) is 26.6 Å². The highest BCUT2D eigenvalue weighted by Gasteiger charge is 2.69. The molecule has 0 bridgehead atoms. The lowest BCUT2D eigenvalue weighted by atomic mass is 10.2. The molecule has 1 aliphatic heterocycles. The number of ether oxygens (including phenoxy) is 3. The van der Waals surface area contributed by atoms with E-state index >= 15 is 0 Å². The zero-order valence-corrected chi connectivity index (χ0v) is 29.1. The first kappa shape index (κ1) is 32.3. The maximum atomic E-state index is 7.70. The highest BCUT2D eigenvalue weighted by molar-refractivity contribution is 6.96. The van der Waals surface area contributed by atoms with E-state index in [1.54, 1.807) is 0 Å². The maximum absolute atomic E-state index is 7.70. The van der Waals surface area contributed by atoms with E-state index in [2.05, 4.69) is 41.5 Å². The van der Waals surface area contributed by atoms with Gasteiger partial charge in [0.1, 0.15) is 0 Å². The number of hydrogen-bond donors (Lipinski definition) is 0. The van der Waals surface area contributed by atoms with E-state index in [0.29, 0.717) is 53.1 Å². The molecule has 4 fully saturated rings. The molecule has 0 amide bonds. The monoisotopic (exact) mass is 600 g/mol. The van der Waals surface area contributed by atoms with Crippen molar-refractivity contribution in [1.82, 2.24) is 0 Å². The quantitative estimate of drug-likeness (QED) is 0.179. The summed E-state index contributed by atoms with van der Waals surface area (Å²) in [6.45, 7) is 15.7. The molecule has 0 N–H and O–H groups in total. The van der Waals surface area contributed by atoms with Gasteiger partial charge in [-0.3, -0.25) is 0 Å². The van der Waals surface area contributed by atoms with Gasteiger partial charge in [0.2, 0.25) is 0 Å². The second kappa shape index (κ2) is 14.7. The standard InChI is InChI=1S/C30H60O6Si3/c1-25(2)19-31-22-37(28-13-7-8-14-28)34-38(23-32-20-26(3)4,29-15-9-10-16-29)36-39(35-37,24-33-21-27(5)6)30-17-11-12-18-30/h25-30H,7-24H2,1-6H3. The molecule has 0 atom stereocenters. The molecule has 3 saturated carbocycles. The van der Waals surface area contributed by atoms with Crippen LogP contribution in [0.1, 0.15) is 119 Å². The molecule has 6 nitrogen and oxygen atoms in total. The summed E-state index contributed by atoms with van der Waals surface area (Å²) in [5.41, 5.74) is 1.47. The fraction of sp³-hybridized carbons (Fsp3) is 1.00. The lowest BCUT2D eigenvalue weighted by Gasteiger charge is -2.57. The summed E-state index contributed by atoms with van der Waals surface area (Å²) in [6.07, 6.45) is 16.9. The Balaban J connectivity index is 1.77. The van der Waals surface area contributed by atoms with Crippen molar-refractivity contribution in [3.8, 4) is 0 Å². The Labute approximate surface area is 243 Å². The van der Waals surface area contributed by atoms with E-state index in [9.17, 15) is 0 Å². The Hall–Kier alpha value is 0.411. The summed E-state index contributed by atoms with van der Waals surface area (Å²) in [7, 11) is -8.28. The first-order valence-corrected chi connectivity index (χ1v) is 22.8. The van der Waals surface area contributed by atoms with Crippen molar-refractivity contribution in [3.63, 3.8) is 0 Å². The third kappa shape index (κ3) is 8.28. The Morgan fingerprint density at radius 1 is 0.462 bits per heavy atom. The second-order valence-corrected chi connectivity index (χ2v) is 25.0. The van der Waals surface area contributed by atoms with Gasteiger partial charge in [0.15, 0.2) is 0 Å². The van der Waals surface area contributed by atoms with Crippen LogP contribution in [0.4, 0.5) is 0 Å². The van der Waals surface area contributed by atoms with Crippen LogP contribution >= 0.6 is 0 Å². The Bertz CT molecular complexity index is 616. The van der Waals surface area contributed by atoms with Crippen molar-refractivity contribution in [2.45, 2.75) is 135 Å². The van der Waals surface area contributed by atoms with Crippen LogP contribution in [0.25, 0.3) is 0 Å². The van der Waals surface area contributed by atoms with Crippen LogP contribution < -0.4 is 0 Å². The molecule has 3 aliphatic carbocycles. The minimum Gasteiger partial charge on any atom is -0.412 e. The fourth-order valence-electron chi connectivity index (χ4n) is 7.38. The smallest absolute Gasteiger partial charge is 0.350 e. The highest BCUT2D eigenvalue weighted by Crippen LogP contribution is 2.54. The van der Waals surface area contributed by atoms with Crippen LogP contribution in [0.3, 0.4) is 0 Å². The van der Waals surface area contributed by atoms with Gasteiger partial charge in [-0.15, -0.1) is 0 Å². The molecule has 0 unspecified atom stereocenters. The van der Waals surface area contributed by atoms with Gasteiger partial charge < -0.3 is 26.6 Å². The Morgan fingerprint density at radius 3 is 0.897 bits per heavy atom. The molecule has 0 aromatic rings. The fourth-order valence-corrected chi connectivity index (χ4v) is 27.2. The van der Waals surface area contributed by atoms with E-state index < -0.39 is 25.7 Å². The molecule has 1 saturated heterocycles. The van der Waals surface area contributed by atoms with Gasteiger partial charge in [-0.05, 0) is 56.3 Å². The molecule has 4 aliphatic rings. The van der Waals surface area contributed by atoms with Crippen LogP contribution in [0.15, 0.2) is 0 Å². The van der Waals surface area contributed by atoms with E-state index in [0.717, 1.165) is 19.8 Å². The van der Waals surface area contributed by atoms with Crippen LogP contribution in [-0.2, 0) is 26.6 Å². The molecule has 0 aromatic heterocycles. The van der Waals surface area contributed by atoms with Crippen molar-refractivity contribution in [2.75, 3.05) is 38.5 Å². The van der Waals surface area contributed by atoms with Gasteiger partial charge in [-0.1, -0.05) is 80.1 Å². The summed E-state index contributed by atoms with van der Waals surface area (Å²) < 4.78 is 42.8. The van der Waals surface area contributed by atoms with Crippen LogP contribution in [0.5, 0.6) is 0 Å². The average Bonchev–Trinajstić information content (AvgIpc) is 3.67. The third-order valence-electron chi connectivity index (χ3n) is 9.23. The predicted molar refractivity (Wildman–Crippen MR) is 164 cm³/mol. The van der Waals surface area contributed by atoms with Crippen molar-refractivity contribution in [2.24, 2.45) is 17.8 Å². The van der Waals surface area contributed by atoms with Crippen LogP contribution in [-0.4, -0.2) is 64.2 Å². The molecule has 0 radical (unpaired) electrons. The molecule has 1 heterocycles. The zero-order chi connectivity index (χ0) is 27.9. The minimum absolute atomic E-state index is 0.491. The largest absolute Gasteiger partial charge is 0.412 e. The average molecular weight is 601 g/mol. The topological polar surface area (TPSA) is 55.4 Å². The zero-order valence-electron chi connectivity index (χ0n) is 26.1. The summed E-state index contributed by atoms with van der Waals surface area (Å²) in [5.74, 6) is 1.49. The van der Waals surface area contributed by atoms with Crippen molar-refractivity contribution in [3.05, 3.63) is 0 Å². The van der Waals surface area contributed by atoms with E-state index in [-0.39, 0.29) is 0 Å². The normalized spacial score (nSPS) is 33.5. The van der Waals surface area contributed by atoms with Crippen molar-refractivity contribution < 1.29 is 26.6 Å². The second-order valence-electron chi connectivity index (χ2n) is 14.4. The van der Waals surface area contributed by atoms with Crippen LogP contribution in [0, 0.1) is 17.8 Å². The Kier molecular flexibility index (Phi) is 12.2. The summed E-state index contributed by atoms with van der Waals surface area (Å²) in [4.78, 5) is 0. The summed E-state index contributed by atoms with van der Waals surface area (Å²) >= 11 is 0. The molecule has 4 rings (SSSR count). The first-order valence-electron chi connectivity index (χ1n) is 16.5. The lowest BCUT2D eigenvalue weighted by Crippen LogP contribution is -2.77. The maximum Gasteiger partial charge on any atom is 0.350 e. The van der Waals surface area contributed by atoms with Gasteiger partial charge in [0.25, 0.3) is 0 Å². The molecule has 39 heavy (non-hydrogen) atoms. The third-order valence-corrected chi connectivity index (χ3v) is 24.8. The van der Waals surface area contributed by atoms with Gasteiger partial charge >= 0.3 is 25.7 Å². The molecule has 0 aromatic carbocycles. The molecule has 9 heteroatoms. The molecule has 228 valence electrons.